The molecule has 6 rings (SSSR count). The summed E-state index contributed by atoms with van der Waals surface area (Å²) in [7, 11) is 9.22. The Bertz CT molecular complexity index is 1660. The minimum absolute atomic E-state index is 0. The van der Waals surface area contributed by atoms with Crippen molar-refractivity contribution in [2.24, 2.45) is 17.8 Å². The van der Waals surface area contributed by atoms with Crippen LogP contribution < -0.4 is 0 Å². The van der Waals surface area contributed by atoms with Gasteiger partial charge in [-0.05, 0) is 134 Å². The van der Waals surface area contributed by atoms with Gasteiger partial charge in [-0.2, -0.15) is 0 Å². The van der Waals surface area contributed by atoms with E-state index in [-0.39, 0.29) is 32.6 Å². The van der Waals surface area contributed by atoms with Gasteiger partial charge in [-0.25, -0.2) is 0 Å². The van der Waals surface area contributed by atoms with Gasteiger partial charge in [0.25, 0.3) is 0 Å². The molecule has 3 aliphatic heterocycles. The maximum absolute atomic E-state index is 11.7. The molecule has 10 heteroatoms. The summed E-state index contributed by atoms with van der Waals surface area (Å²) in [4.78, 5) is 47.8. The van der Waals surface area contributed by atoms with Crippen molar-refractivity contribution in [2.45, 2.75) is 250 Å². The minimum Gasteiger partial charge on any atom is -0.343 e. The molecular weight excluding hydrogens is 1050 g/mol. The zero-order valence-electron chi connectivity index (χ0n) is 59.0. The molecule has 3 amide bonds. The molecule has 3 aromatic carbocycles. The van der Waals surface area contributed by atoms with Crippen LogP contribution in [0.15, 0.2) is 91.0 Å². The predicted octanol–water partition coefficient (Wildman–Crippen LogP) is 18.8. The summed E-state index contributed by atoms with van der Waals surface area (Å²) in [5, 5.41) is 0. The largest absolute Gasteiger partial charge is 0.343 e. The van der Waals surface area contributed by atoms with Crippen molar-refractivity contribution in [3.05, 3.63) is 108 Å². The van der Waals surface area contributed by atoms with Crippen LogP contribution in [0.2, 0.25) is 0 Å². The Labute approximate surface area is 529 Å². The number of hydrogen-bond donors (Lipinski definition) is 0. The summed E-state index contributed by atoms with van der Waals surface area (Å²) >= 11 is 0. The van der Waals surface area contributed by atoms with Gasteiger partial charge in [-0.1, -0.05) is 230 Å². The molecule has 3 fully saturated rings. The smallest absolute Gasteiger partial charge is 0.226 e. The Morgan fingerprint density at radius 1 is 0.393 bits per heavy atom. The molecule has 3 heterocycles. The maximum Gasteiger partial charge on any atom is 0.226 e. The molecule has 3 saturated heterocycles. The number of hydrogen-bond acceptors (Lipinski definition) is 6. The van der Waals surface area contributed by atoms with Gasteiger partial charge in [0, 0.05) is 97.0 Å². The van der Waals surface area contributed by atoms with Crippen molar-refractivity contribution >= 4 is 27.0 Å². The molecule has 3 aliphatic rings. The molecular formula is C74H147N6O3P. The van der Waals surface area contributed by atoms with E-state index in [0.717, 1.165) is 134 Å². The Kier molecular flexibility index (Phi) is 78.8. The number of likely N-dealkylation sites (tertiary alicyclic amines) is 3. The summed E-state index contributed by atoms with van der Waals surface area (Å²) in [6, 6.07) is 33.8. The van der Waals surface area contributed by atoms with Crippen LogP contribution in [0.5, 0.6) is 0 Å². The molecule has 4 unspecified atom stereocenters. The SMILES string of the molecule is C.C.CC.CC.CC.CC.CC.CC.CC.CC.CC.CC(=O)N1CCC(CN(C)C(C)Cc2ccccc2)CC1.CC(=O)N1CCC(CN(C)C(C)Cc2ccccc2)CC1.CC(Cc1ccccc1)N(C)CC1CCN(C(=O)CP)CC1. The van der Waals surface area contributed by atoms with E-state index < -0.39 is 0 Å². The Hall–Kier alpha value is -3.62. The van der Waals surface area contributed by atoms with Crippen LogP contribution >= 0.6 is 9.24 Å². The van der Waals surface area contributed by atoms with Crippen molar-refractivity contribution in [3.63, 3.8) is 0 Å². The Morgan fingerprint density at radius 2 is 0.583 bits per heavy atom. The van der Waals surface area contributed by atoms with E-state index in [0.29, 0.717) is 24.3 Å². The fourth-order valence-corrected chi connectivity index (χ4v) is 9.71. The van der Waals surface area contributed by atoms with Crippen LogP contribution in [-0.2, 0) is 33.6 Å². The number of carbonyl (C=O) groups excluding carboxylic acids is 3. The molecule has 0 aliphatic carbocycles. The van der Waals surface area contributed by atoms with Crippen molar-refractivity contribution in [1.29, 1.82) is 0 Å². The molecule has 4 atom stereocenters. The zero-order chi connectivity index (χ0) is 64.4. The lowest BCUT2D eigenvalue weighted by atomic mass is 9.95. The first kappa shape index (κ1) is 96.7. The highest BCUT2D eigenvalue weighted by Gasteiger charge is 2.26. The van der Waals surface area contributed by atoms with Gasteiger partial charge >= 0.3 is 0 Å². The summed E-state index contributed by atoms with van der Waals surface area (Å²) in [6.45, 7) is 55.3. The number of nitrogens with zero attached hydrogens (tertiary/aromatic N) is 6. The van der Waals surface area contributed by atoms with E-state index in [1.165, 1.54) is 16.7 Å². The second-order valence-electron chi connectivity index (χ2n) is 19.4. The first-order valence-corrected chi connectivity index (χ1v) is 34.2. The van der Waals surface area contributed by atoms with Crippen molar-refractivity contribution in [3.8, 4) is 0 Å². The van der Waals surface area contributed by atoms with Crippen molar-refractivity contribution in [1.82, 2.24) is 29.4 Å². The number of rotatable bonds is 16. The topological polar surface area (TPSA) is 70.7 Å². The van der Waals surface area contributed by atoms with Gasteiger partial charge in [-0.15, -0.1) is 9.24 Å². The summed E-state index contributed by atoms with van der Waals surface area (Å²) in [6.07, 6.45) is 10.7. The third-order valence-electron chi connectivity index (χ3n) is 14.3. The first-order chi connectivity index (χ1) is 39.7. The van der Waals surface area contributed by atoms with E-state index >= 15 is 0 Å². The van der Waals surface area contributed by atoms with Crippen molar-refractivity contribution < 1.29 is 14.4 Å². The second-order valence-corrected chi connectivity index (χ2v) is 19.8. The van der Waals surface area contributed by atoms with E-state index in [4.69, 9.17) is 0 Å². The van der Waals surface area contributed by atoms with Gasteiger partial charge in [-0.3, -0.25) is 14.4 Å². The highest BCUT2D eigenvalue weighted by atomic mass is 31.0. The predicted molar refractivity (Wildman–Crippen MR) is 386 cm³/mol. The minimum atomic E-state index is 0. The van der Waals surface area contributed by atoms with Crippen LogP contribution in [0, 0.1) is 17.8 Å². The number of carbonyl (C=O) groups is 3. The average molecular weight is 1200 g/mol. The lowest BCUT2D eigenvalue weighted by Crippen LogP contribution is -2.43. The Balaban J connectivity index is -0.000000149. The van der Waals surface area contributed by atoms with Gasteiger partial charge in [0.05, 0.1) is 0 Å². The molecule has 0 radical (unpaired) electrons. The van der Waals surface area contributed by atoms with E-state index in [9.17, 15) is 14.4 Å². The van der Waals surface area contributed by atoms with Gasteiger partial charge < -0.3 is 29.4 Å². The molecule has 0 N–H and O–H groups in total. The number of piperidine rings is 3. The van der Waals surface area contributed by atoms with Gasteiger partial charge in [0.1, 0.15) is 0 Å². The van der Waals surface area contributed by atoms with Crippen LogP contribution in [0.4, 0.5) is 0 Å². The summed E-state index contributed by atoms with van der Waals surface area (Å²) < 4.78 is 0. The fraction of sp³-hybridized carbons (Fsp3) is 0.716. The summed E-state index contributed by atoms with van der Waals surface area (Å²) in [5.74, 6) is 2.89. The number of likely N-dealkylation sites (N-methyl/N-ethyl adjacent to an activating group) is 3. The summed E-state index contributed by atoms with van der Waals surface area (Å²) in [5.41, 5.74) is 4.22. The monoisotopic (exact) mass is 1200 g/mol. The highest BCUT2D eigenvalue weighted by Crippen LogP contribution is 2.23. The van der Waals surface area contributed by atoms with Crippen LogP contribution in [0.25, 0.3) is 0 Å². The molecule has 84 heavy (non-hydrogen) atoms. The van der Waals surface area contributed by atoms with E-state index in [1.54, 1.807) is 13.8 Å². The number of benzene rings is 3. The molecule has 0 bridgehead atoms. The van der Waals surface area contributed by atoms with Crippen LogP contribution in [0.3, 0.4) is 0 Å². The maximum atomic E-state index is 11.7. The molecule has 9 nitrogen and oxygen atoms in total. The van der Waals surface area contributed by atoms with Gasteiger partial charge in [0.15, 0.2) is 0 Å². The van der Waals surface area contributed by atoms with Crippen LogP contribution in [-0.4, -0.2) is 151 Å². The lowest BCUT2D eigenvalue weighted by Gasteiger charge is -2.35. The molecule has 0 saturated carbocycles. The fourth-order valence-electron chi connectivity index (χ4n) is 9.45. The quantitative estimate of drug-likeness (QED) is 0.133. The highest BCUT2D eigenvalue weighted by molar-refractivity contribution is 7.18. The second kappa shape index (κ2) is 68.5. The van der Waals surface area contributed by atoms with Gasteiger partial charge in [0.2, 0.25) is 17.7 Å². The van der Waals surface area contributed by atoms with Crippen molar-refractivity contribution in [2.75, 3.05) is 86.2 Å². The third-order valence-corrected chi connectivity index (χ3v) is 14.6. The molecule has 0 aromatic heterocycles. The van der Waals surface area contributed by atoms with E-state index in [2.05, 4.69) is 157 Å². The van der Waals surface area contributed by atoms with E-state index in [1.807, 2.05) is 139 Å². The average Bonchev–Trinajstić information content (AvgIpc) is 3.65. The lowest BCUT2D eigenvalue weighted by molar-refractivity contribution is -0.131. The zero-order valence-corrected chi connectivity index (χ0v) is 60.2. The third kappa shape index (κ3) is 46.6. The standard InChI is InChI=1S/C18H29N2OP.2C18H28N2O.9C2H6.2CH4/c1-15(12-16-6-4-3-5-7-16)19(2)13-17-8-10-20(11-9-17)18(21)14-22;2*1-15(13-17-7-5-4-6-8-17)19(3)14-18-9-11-20(12-10-18)16(2)21;9*1-2;;/h3-7,15,17H,8-14,22H2,1-2H3;2*4-8,15,18H,9-14H2,1-3H3;9*1-2H3;2*1H4. The Morgan fingerprint density at radius 3 is 0.762 bits per heavy atom. The molecule has 3 aromatic rings. The normalized spacial score (nSPS) is 14.3. The van der Waals surface area contributed by atoms with Crippen LogP contribution in [0.1, 0.15) is 229 Å². The first-order valence-electron chi connectivity index (χ1n) is 33.4. The molecule has 0 spiro atoms. The number of amides is 3. The molecule has 496 valence electrons.